The Labute approximate surface area is 145 Å². The fourth-order valence-corrected chi connectivity index (χ4v) is 4.18. The molecule has 0 N–H and O–H groups in total. The zero-order valence-corrected chi connectivity index (χ0v) is 15.7. The van der Waals surface area contributed by atoms with Crippen molar-refractivity contribution < 1.29 is 0 Å². The van der Waals surface area contributed by atoms with Gasteiger partial charge in [0, 0.05) is 0 Å². The molecule has 2 rings (SSSR count). The van der Waals surface area contributed by atoms with E-state index < -0.39 is 0 Å². The second kappa shape index (κ2) is 10.9. The van der Waals surface area contributed by atoms with Gasteiger partial charge in [-0.1, -0.05) is 83.1 Å². The van der Waals surface area contributed by atoms with Crippen LogP contribution in [0.15, 0.2) is 24.3 Å². The summed E-state index contributed by atoms with van der Waals surface area (Å²) in [6.07, 6.45) is 18.2. The summed E-state index contributed by atoms with van der Waals surface area (Å²) in [5.41, 5.74) is 3.15. The van der Waals surface area contributed by atoms with Gasteiger partial charge < -0.3 is 0 Å². The van der Waals surface area contributed by atoms with Crippen molar-refractivity contribution in [3.63, 3.8) is 0 Å². The van der Waals surface area contributed by atoms with Gasteiger partial charge in [-0.3, -0.25) is 0 Å². The molecule has 1 aliphatic rings. The van der Waals surface area contributed by atoms with Crippen molar-refractivity contribution in [3.8, 4) is 0 Å². The lowest BCUT2D eigenvalue weighted by Crippen LogP contribution is -2.13. The van der Waals surface area contributed by atoms with Crippen LogP contribution in [-0.4, -0.2) is 0 Å². The number of unbranched alkanes of at least 4 members (excludes halogenated alkanes) is 5. The Hall–Kier alpha value is -0.780. The van der Waals surface area contributed by atoms with Crippen molar-refractivity contribution in [2.75, 3.05) is 0 Å². The predicted molar refractivity (Wildman–Crippen MR) is 103 cm³/mol. The number of aryl methyl sites for hydroxylation is 1. The van der Waals surface area contributed by atoms with Crippen LogP contribution in [0.3, 0.4) is 0 Å². The summed E-state index contributed by atoms with van der Waals surface area (Å²) in [6.45, 7) is 4.59. The Morgan fingerprint density at radius 1 is 0.739 bits per heavy atom. The van der Waals surface area contributed by atoms with Crippen LogP contribution in [0.25, 0.3) is 0 Å². The molecule has 1 aromatic rings. The van der Waals surface area contributed by atoms with Gasteiger partial charge in [-0.05, 0) is 61.5 Å². The molecule has 0 heterocycles. The van der Waals surface area contributed by atoms with E-state index in [9.17, 15) is 0 Å². The molecule has 0 heteroatoms. The van der Waals surface area contributed by atoms with Crippen molar-refractivity contribution in [1.29, 1.82) is 0 Å². The molecule has 0 nitrogen and oxygen atoms in total. The lowest BCUT2D eigenvalue weighted by Gasteiger charge is -2.29. The second-order valence-corrected chi connectivity index (χ2v) is 7.77. The van der Waals surface area contributed by atoms with E-state index in [0.717, 1.165) is 11.8 Å². The van der Waals surface area contributed by atoms with Crippen LogP contribution in [0, 0.1) is 5.92 Å². The Balaban J connectivity index is 1.71. The third kappa shape index (κ3) is 6.69. The molecule has 0 saturated heterocycles. The van der Waals surface area contributed by atoms with E-state index in [4.69, 9.17) is 0 Å². The van der Waals surface area contributed by atoms with Gasteiger partial charge >= 0.3 is 0 Å². The summed E-state index contributed by atoms with van der Waals surface area (Å²) < 4.78 is 0. The van der Waals surface area contributed by atoms with Crippen LogP contribution >= 0.6 is 0 Å². The minimum absolute atomic E-state index is 0.839. The zero-order valence-electron chi connectivity index (χ0n) is 15.7. The first-order chi connectivity index (χ1) is 11.3. The third-order valence-electron chi connectivity index (χ3n) is 5.83. The normalized spacial score (nSPS) is 21.5. The maximum absolute atomic E-state index is 2.43. The molecule has 0 unspecified atom stereocenters. The first-order valence-electron chi connectivity index (χ1n) is 10.4. The molecule has 1 saturated carbocycles. The Kier molecular flexibility index (Phi) is 8.79. The molecular formula is C23H38. The molecule has 0 amide bonds. The van der Waals surface area contributed by atoms with E-state index in [1.807, 2.05) is 0 Å². The molecule has 0 aromatic heterocycles. The average molecular weight is 315 g/mol. The second-order valence-electron chi connectivity index (χ2n) is 7.77. The summed E-state index contributed by atoms with van der Waals surface area (Å²) in [5, 5.41) is 0. The SMILES string of the molecule is CCCCCCc1ccc(C2CCC(CCCCC)CC2)cc1. The number of hydrogen-bond donors (Lipinski definition) is 0. The maximum atomic E-state index is 2.43. The zero-order chi connectivity index (χ0) is 16.3. The number of hydrogen-bond acceptors (Lipinski definition) is 0. The van der Waals surface area contributed by atoms with Gasteiger partial charge in [0.15, 0.2) is 0 Å². The van der Waals surface area contributed by atoms with E-state index in [0.29, 0.717) is 0 Å². The standard InChI is InChI=1S/C23H38/c1-3-5-7-9-11-21-14-18-23(19-15-21)22-16-12-20(13-17-22)10-8-6-4-2/h14-15,18-20,22H,3-13,16-17H2,1-2H3. The lowest BCUT2D eigenvalue weighted by molar-refractivity contribution is 0.303. The van der Waals surface area contributed by atoms with Crippen molar-refractivity contribution in [1.82, 2.24) is 0 Å². The summed E-state index contributed by atoms with van der Waals surface area (Å²) in [4.78, 5) is 0. The van der Waals surface area contributed by atoms with Gasteiger partial charge in [0.25, 0.3) is 0 Å². The van der Waals surface area contributed by atoms with Crippen molar-refractivity contribution in [2.24, 2.45) is 5.92 Å². The molecule has 0 spiro atoms. The maximum Gasteiger partial charge on any atom is -0.0162 e. The highest BCUT2D eigenvalue weighted by Crippen LogP contribution is 2.37. The highest BCUT2D eigenvalue weighted by atomic mass is 14.3. The predicted octanol–water partition coefficient (Wildman–Crippen LogP) is 7.66. The van der Waals surface area contributed by atoms with Crippen molar-refractivity contribution in [2.45, 2.75) is 103 Å². The first-order valence-corrected chi connectivity index (χ1v) is 10.4. The lowest BCUT2D eigenvalue weighted by atomic mass is 9.77. The van der Waals surface area contributed by atoms with Crippen LogP contribution < -0.4 is 0 Å². The number of benzene rings is 1. The summed E-state index contributed by atoms with van der Waals surface area (Å²) in [6, 6.07) is 9.65. The van der Waals surface area contributed by atoms with Gasteiger partial charge in [0.2, 0.25) is 0 Å². The van der Waals surface area contributed by atoms with Gasteiger partial charge in [0.1, 0.15) is 0 Å². The van der Waals surface area contributed by atoms with E-state index in [-0.39, 0.29) is 0 Å². The average Bonchev–Trinajstić information content (AvgIpc) is 2.60. The molecule has 1 aromatic carbocycles. The van der Waals surface area contributed by atoms with Gasteiger partial charge in [0.05, 0.1) is 0 Å². The molecule has 0 bridgehead atoms. The van der Waals surface area contributed by atoms with Crippen LogP contribution in [0.2, 0.25) is 0 Å². The van der Waals surface area contributed by atoms with Crippen LogP contribution in [0.5, 0.6) is 0 Å². The topological polar surface area (TPSA) is 0 Å². The Morgan fingerprint density at radius 2 is 1.39 bits per heavy atom. The number of rotatable bonds is 10. The summed E-state index contributed by atoms with van der Waals surface area (Å²) in [7, 11) is 0. The fraction of sp³-hybridized carbons (Fsp3) is 0.739. The molecule has 0 aliphatic heterocycles. The van der Waals surface area contributed by atoms with Crippen LogP contribution in [-0.2, 0) is 6.42 Å². The molecule has 0 atom stereocenters. The third-order valence-corrected chi connectivity index (χ3v) is 5.83. The summed E-state index contributed by atoms with van der Waals surface area (Å²) in [5.74, 6) is 1.86. The molecule has 0 radical (unpaired) electrons. The largest absolute Gasteiger partial charge is 0.0654 e. The van der Waals surface area contributed by atoms with Crippen molar-refractivity contribution in [3.05, 3.63) is 35.4 Å². The minimum Gasteiger partial charge on any atom is -0.0654 e. The van der Waals surface area contributed by atoms with E-state index in [1.54, 1.807) is 5.56 Å². The highest BCUT2D eigenvalue weighted by Gasteiger charge is 2.21. The molecule has 1 fully saturated rings. The van der Waals surface area contributed by atoms with Gasteiger partial charge in [-0.15, -0.1) is 0 Å². The first kappa shape index (κ1) is 18.6. The Bertz CT molecular complexity index is 395. The fourth-order valence-electron chi connectivity index (χ4n) is 4.18. The monoisotopic (exact) mass is 314 g/mol. The molecule has 1 aliphatic carbocycles. The molecular weight excluding hydrogens is 276 g/mol. The van der Waals surface area contributed by atoms with Crippen LogP contribution in [0.1, 0.15) is 108 Å². The van der Waals surface area contributed by atoms with E-state index in [1.165, 1.54) is 89.0 Å². The van der Waals surface area contributed by atoms with Crippen molar-refractivity contribution >= 4 is 0 Å². The summed E-state index contributed by atoms with van der Waals surface area (Å²) >= 11 is 0. The minimum atomic E-state index is 0.839. The van der Waals surface area contributed by atoms with E-state index >= 15 is 0 Å². The Morgan fingerprint density at radius 3 is 2.04 bits per heavy atom. The van der Waals surface area contributed by atoms with E-state index in [2.05, 4.69) is 38.1 Å². The van der Waals surface area contributed by atoms with Gasteiger partial charge in [-0.25, -0.2) is 0 Å². The smallest absolute Gasteiger partial charge is 0.0162 e. The van der Waals surface area contributed by atoms with Crippen LogP contribution in [0.4, 0.5) is 0 Å². The molecule has 130 valence electrons. The molecule has 23 heavy (non-hydrogen) atoms. The quantitative estimate of drug-likeness (QED) is 0.389. The highest BCUT2D eigenvalue weighted by molar-refractivity contribution is 5.25. The van der Waals surface area contributed by atoms with Gasteiger partial charge in [-0.2, -0.15) is 0 Å².